The number of hydrogen-bond acceptors (Lipinski definition) is 3. The molecule has 1 N–H and O–H groups in total. The molecule has 0 radical (unpaired) electrons. The van der Waals surface area contributed by atoms with E-state index in [1.54, 1.807) is 12.1 Å². The smallest absolute Gasteiger partial charge is 0.139 e. The monoisotopic (exact) mass is 360 g/mol. The Balaban J connectivity index is 0.00000182. The van der Waals surface area contributed by atoms with Crippen LogP contribution >= 0.6 is 12.4 Å². The van der Waals surface area contributed by atoms with E-state index in [4.69, 9.17) is 0 Å². The van der Waals surface area contributed by atoms with Crippen LogP contribution in [0.25, 0.3) is 5.65 Å². The lowest BCUT2D eigenvalue weighted by atomic mass is 10.0. The van der Waals surface area contributed by atoms with Gasteiger partial charge in [-0.3, -0.25) is 4.90 Å². The maximum Gasteiger partial charge on any atom is 0.139 e. The van der Waals surface area contributed by atoms with Gasteiger partial charge < -0.3 is 9.72 Å². The summed E-state index contributed by atoms with van der Waals surface area (Å²) < 4.78 is 15.8. The zero-order valence-electron chi connectivity index (χ0n) is 14.2. The number of aryl methyl sites for hydroxylation is 1. The fourth-order valence-electron chi connectivity index (χ4n) is 3.51. The molecule has 4 nitrogen and oxygen atoms in total. The molecular weight excluding hydrogens is 339 g/mol. The molecule has 0 saturated carbocycles. The molecule has 3 heterocycles. The molecule has 1 unspecified atom stereocenters. The molecule has 1 aliphatic heterocycles. The van der Waals surface area contributed by atoms with Gasteiger partial charge in [0.1, 0.15) is 11.5 Å². The van der Waals surface area contributed by atoms with Gasteiger partial charge in [0.25, 0.3) is 0 Å². The highest BCUT2D eigenvalue weighted by Crippen LogP contribution is 2.25. The third kappa shape index (κ3) is 3.54. The molecule has 2 aromatic heterocycles. The van der Waals surface area contributed by atoms with Crippen LogP contribution in [0.5, 0.6) is 0 Å². The summed E-state index contributed by atoms with van der Waals surface area (Å²) in [5, 5.41) is 3.42. The van der Waals surface area contributed by atoms with E-state index in [1.807, 2.05) is 12.3 Å². The topological polar surface area (TPSA) is 32.6 Å². The molecule has 1 saturated heterocycles. The molecule has 1 atom stereocenters. The molecule has 0 bridgehead atoms. The average Bonchev–Trinajstić information content (AvgIpc) is 3.00. The van der Waals surface area contributed by atoms with Gasteiger partial charge in [0.15, 0.2) is 0 Å². The first-order valence-corrected chi connectivity index (χ1v) is 8.34. The fourth-order valence-corrected chi connectivity index (χ4v) is 3.51. The van der Waals surface area contributed by atoms with E-state index in [0.29, 0.717) is 0 Å². The van der Waals surface area contributed by atoms with Crippen LogP contribution in [-0.4, -0.2) is 33.9 Å². The molecule has 25 heavy (non-hydrogen) atoms. The Kier molecular flexibility index (Phi) is 5.37. The van der Waals surface area contributed by atoms with Crippen molar-refractivity contribution < 1.29 is 4.39 Å². The van der Waals surface area contributed by atoms with Gasteiger partial charge in [0.2, 0.25) is 0 Å². The van der Waals surface area contributed by atoms with Crippen molar-refractivity contribution >= 4 is 18.1 Å². The summed E-state index contributed by atoms with van der Waals surface area (Å²) >= 11 is 0. The van der Waals surface area contributed by atoms with Gasteiger partial charge in [-0.1, -0.05) is 18.2 Å². The Morgan fingerprint density at radius 3 is 3.00 bits per heavy atom. The summed E-state index contributed by atoms with van der Waals surface area (Å²) in [6.45, 7) is 5.58. The number of nitrogens with one attached hydrogen (secondary N) is 1. The van der Waals surface area contributed by atoms with Crippen molar-refractivity contribution in [2.45, 2.75) is 19.5 Å². The first-order valence-electron chi connectivity index (χ1n) is 8.34. The highest BCUT2D eigenvalue weighted by molar-refractivity contribution is 5.85. The third-order valence-corrected chi connectivity index (χ3v) is 4.76. The quantitative estimate of drug-likeness (QED) is 0.777. The minimum Gasteiger partial charge on any atom is -0.314 e. The Labute approximate surface area is 153 Å². The number of piperazine rings is 1. The van der Waals surface area contributed by atoms with Gasteiger partial charge in [-0.05, 0) is 36.2 Å². The normalized spacial score (nSPS) is 18.2. The number of aromatic nitrogens is 2. The Bertz CT molecular complexity index is 864. The molecule has 6 heteroatoms. The number of benzene rings is 1. The second-order valence-corrected chi connectivity index (χ2v) is 6.38. The maximum absolute atomic E-state index is 13.6. The second-order valence-electron chi connectivity index (χ2n) is 6.38. The minimum absolute atomic E-state index is 0. The second kappa shape index (κ2) is 7.52. The lowest BCUT2D eigenvalue weighted by molar-refractivity contribution is 0.151. The molecule has 0 amide bonds. The molecule has 3 aromatic rings. The lowest BCUT2D eigenvalue weighted by Gasteiger charge is -2.36. The summed E-state index contributed by atoms with van der Waals surface area (Å²) in [5.41, 5.74) is 4.36. The molecule has 1 aliphatic rings. The van der Waals surface area contributed by atoms with Crippen LogP contribution in [-0.2, 0) is 6.54 Å². The van der Waals surface area contributed by atoms with Crippen molar-refractivity contribution in [3.05, 3.63) is 71.4 Å². The van der Waals surface area contributed by atoms with Gasteiger partial charge in [-0.25, -0.2) is 9.37 Å². The summed E-state index contributed by atoms with van der Waals surface area (Å²) in [4.78, 5) is 6.96. The van der Waals surface area contributed by atoms with Crippen LogP contribution in [0.3, 0.4) is 0 Å². The van der Waals surface area contributed by atoms with Crippen molar-refractivity contribution in [3.8, 4) is 0 Å². The van der Waals surface area contributed by atoms with E-state index in [-0.39, 0.29) is 24.3 Å². The number of hydrogen-bond donors (Lipinski definition) is 1. The largest absolute Gasteiger partial charge is 0.314 e. The van der Waals surface area contributed by atoms with Crippen molar-refractivity contribution in [1.82, 2.24) is 19.6 Å². The van der Waals surface area contributed by atoms with Crippen LogP contribution < -0.4 is 5.32 Å². The van der Waals surface area contributed by atoms with E-state index in [2.05, 4.69) is 44.9 Å². The van der Waals surface area contributed by atoms with Crippen molar-refractivity contribution in [3.63, 3.8) is 0 Å². The van der Waals surface area contributed by atoms with Crippen LogP contribution in [0.1, 0.15) is 22.9 Å². The highest BCUT2D eigenvalue weighted by Gasteiger charge is 2.25. The molecule has 1 fully saturated rings. The van der Waals surface area contributed by atoms with Crippen LogP contribution in [0.15, 0.2) is 48.8 Å². The number of halogens is 2. The predicted molar refractivity (Wildman–Crippen MR) is 99.6 cm³/mol. The van der Waals surface area contributed by atoms with Crippen LogP contribution in [0, 0.1) is 12.7 Å². The van der Waals surface area contributed by atoms with E-state index in [0.717, 1.165) is 43.1 Å². The van der Waals surface area contributed by atoms with Gasteiger partial charge >= 0.3 is 0 Å². The number of rotatable bonds is 3. The molecule has 132 valence electrons. The van der Waals surface area contributed by atoms with Crippen molar-refractivity contribution in [2.75, 3.05) is 19.6 Å². The number of imidazole rings is 1. The average molecular weight is 361 g/mol. The van der Waals surface area contributed by atoms with E-state index < -0.39 is 0 Å². The molecule has 0 aliphatic carbocycles. The van der Waals surface area contributed by atoms with Gasteiger partial charge in [0.05, 0.1) is 11.9 Å². The van der Waals surface area contributed by atoms with E-state index in [1.165, 1.54) is 11.6 Å². The summed E-state index contributed by atoms with van der Waals surface area (Å²) in [6.07, 6.45) is 4.01. The first-order chi connectivity index (χ1) is 11.7. The Morgan fingerprint density at radius 2 is 2.16 bits per heavy atom. The standard InChI is InChI=1S/C19H21FN4.ClH/c1-14-4-3-8-24-17(11-22-19(14)24)13-23-9-7-21-12-18(23)15-5-2-6-16(20)10-15;/h2-6,8,10-11,18,21H,7,9,12-13H2,1H3;1H. The zero-order valence-corrected chi connectivity index (χ0v) is 15.0. The molecule has 0 spiro atoms. The summed E-state index contributed by atoms with van der Waals surface area (Å²) in [7, 11) is 0. The van der Waals surface area contributed by atoms with Gasteiger partial charge in [-0.15, -0.1) is 12.4 Å². The van der Waals surface area contributed by atoms with Gasteiger partial charge in [-0.2, -0.15) is 0 Å². The molecular formula is C19H22ClFN4. The lowest BCUT2D eigenvalue weighted by Crippen LogP contribution is -2.45. The molecule has 4 rings (SSSR count). The van der Waals surface area contributed by atoms with E-state index in [9.17, 15) is 4.39 Å². The number of fused-ring (bicyclic) bond motifs is 1. The maximum atomic E-state index is 13.6. The predicted octanol–water partition coefficient (Wildman–Crippen LogP) is 3.35. The minimum atomic E-state index is -0.177. The van der Waals surface area contributed by atoms with E-state index >= 15 is 0 Å². The zero-order chi connectivity index (χ0) is 16.5. The van der Waals surface area contributed by atoms with Crippen molar-refractivity contribution in [1.29, 1.82) is 0 Å². The van der Waals surface area contributed by atoms with Crippen molar-refractivity contribution in [2.24, 2.45) is 0 Å². The summed E-state index contributed by atoms with van der Waals surface area (Å²) in [6, 6.07) is 11.2. The Hall–Kier alpha value is -1.95. The Morgan fingerprint density at radius 1 is 1.28 bits per heavy atom. The van der Waals surface area contributed by atoms with Crippen LogP contribution in [0.4, 0.5) is 4.39 Å². The fraction of sp³-hybridized carbons (Fsp3) is 0.316. The molecule has 1 aromatic carbocycles. The van der Waals surface area contributed by atoms with Gasteiger partial charge in [0, 0.05) is 38.4 Å². The first kappa shape index (κ1) is 17.9. The number of nitrogens with zero attached hydrogens (tertiary/aromatic N) is 3. The number of pyridine rings is 1. The van der Waals surface area contributed by atoms with Crippen LogP contribution in [0.2, 0.25) is 0 Å². The third-order valence-electron chi connectivity index (χ3n) is 4.76. The SMILES string of the molecule is Cc1cccn2c(CN3CCNCC3c3cccc(F)c3)cnc12.Cl. The highest BCUT2D eigenvalue weighted by atomic mass is 35.5. The summed E-state index contributed by atoms with van der Waals surface area (Å²) in [5.74, 6) is -0.177.